The molecule has 0 saturated carbocycles. The van der Waals surface area contributed by atoms with Crippen molar-refractivity contribution in [1.82, 2.24) is 4.90 Å². The Balaban J connectivity index is 1.47. The lowest BCUT2D eigenvalue weighted by Crippen LogP contribution is -2.36. The topological polar surface area (TPSA) is 128 Å². The van der Waals surface area contributed by atoms with E-state index in [-0.39, 0.29) is 17.2 Å². The standard InChI is InChI=1S/C28H23BrClN3O7S/c1-3-39-23-11-18(10-21(29)26(23)40-15-17-5-8-20(9-6-17)33(37)38)12-24-27(35)32(28(36)41-24)14-25(34)31-19-7-4-16(2)22(30)13-19/h4-13H,3,14-15H2,1-2H3,(H,31,34)/b24-12+. The van der Waals surface area contributed by atoms with Gasteiger partial charge in [0.05, 0.1) is 20.9 Å². The highest BCUT2D eigenvalue weighted by Gasteiger charge is 2.36. The van der Waals surface area contributed by atoms with E-state index in [2.05, 4.69) is 21.2 Å². The molecule has 4 rings (SSSR count). The molecule has 0 aliphatic carbocycles. The molecule has 212 valence electrons. The van der Waals surface area contributed by atoms with Crippen LogP contribution in [0.4, 0.5) is 16.2 Å². The first kappa shape index (κ1) is 30.1. The zero-order chi connectivity index (χ0) is 29.7. The van der Waals surface area contributed by atoms with Crippen LogP contribution in [0, 0.1) is 17.0 Å². The number of aryl methyl sites for hydroxylation is 1. The number of nitro benzene ring substituents is 1. The maximum Gasteiger partial charge on any atom is 0.294 e. The molecule has 41 heavy (non-hydrogen) atoms. The predicted molar refractivity (Wildman–Crippen MR) is 160 cm³/mol. The second-order valence-corrected chi connectivity index (χ2v) is 11.0. The molecular weight excluding hydrogens is 638 g/mol. The summed E-state index contributed by atoms with van der Waals surface area (Å²) in [6.45, 7) is 3.66. The van der Waals surface area contributed by atoms with E-state index in [9.17, 15) is 24.5 Å². The SMILES string of the molecule is CCOc1cc(/C=C2/SC(=O)N(CC(=O)Nc3ccc(C)c(Cl)c3)C2=O)cc(Br)c1OCc1ccc([N+](=O)[O-])cc1. The minimum atomic E-state index is -0.593. The summed E-state index contributed by atoms with van der Waals surface area (Å²) < 4.78 is 12.2. The molecule has 0 spiro atoms. The molecule has 0 atom stereocenters. The molecule has 0 radical (unpaired) electrons. The van der Waals surface area contributed by atoms with E-state index in [1.807, 2.05) is 13.8 Å². The van der Waals surface area contributed by atoms with Crippen molar-refractivity contribution in [3.05, 3.63) is 95.8 Å². The number of carbonyl (C=O) groups excluding carboxylic acids is 3. The molecule has 0 unspecified atom stereocenters. The number of amides is 3. The summed E-state index contributed by atoms with van der Waals surface area (Å²) in [5.74, 6) is -0.331. The summed E-state index contributed by atoms with van der Waals surface area (Å²) in [5.41, 5.74) is 2.57. The Labute approximate surface area is 252 Å². The Bertz CT molecular complexity index is 1560. The van der Waals surface area contributed by atoms with Crippen molar-refractivity contribution >= 4 is 73.8 Å². The number of halogens is 2. The van der Waals surface area contributed by atoms with Crippen LogP contribution in [0.3, 0.4) is 0 Å². The third-order valence-corrected chi connectivity index (χ3v) is 7.69. The zero-order valence-electron chi connectivity index (χ0n) is 21.8. The fourth-order valence-corrected chi connectivity index (χ4v) is 5.34. The maximum atomic E-state index is 13.0. The third kappa shape index (κ3) is 7.46. The minimum Gasteiger partial charge on any atom is -0.490 e. The number of carbonyl (C=O) groups is 3. The van der Waals surface area contributed by atoms with Crippen molar-refractivity contribution in [3.8, 4) is 11.5 Å². The first-order chi connectivity index (χ1) is 19.5. The lowest BCUT2D eigenvalue weighted by atomic mass is 10.1. The Morgan fingerprint density at radius 1 is 1.15 bits per heavy atom. The number of hydrogen-bond donors (Lipinski definition) is 1. The number of nitro groups is 1. The van der Waals surface area contributed by atoms with Gasteiger partial charge in [-0.15, -0.1) is 0 Å². The number of ether oxygens (including phenoxy) is 2. The van der Waals surface area contributed by atoms with Gasteiger partial charge in [0.2, 0.25) is 5.91 Å². The largest absolute Gasteiger partial charge is 0.490 e. The quantitative estimate of drug-likeness (QED) is 0.140. The average molecular weight is 661 g/mol. The van der Waals surface area contributed by atoms with E-state index >= 15 is 0 Å². The smallest absolute Gasteiger partial charge is 0.294 e. The summed E-state index contributed by atoms with van der Waals surface area (Å²) in [6.07, 6.45) is 1.54. The lowest BCUT2D eigenvalue weighted by molar-refractivity contribution is -0.384. The predicted octanol–water partition coefficient (Wildman–Crippen LogP) is 6.97. The number of hydrogen-bond acceptors (Lipinski definition) is 8. The fourth-order valence-electron chi connectivity index (χ4n) is 3.75. The van der Waals surface area contributed by atoms with Gasteiger partial charge in [-0.1, -0.05) is 17.7 Å². The molecular formula is C28H23BrClN3O7S. The maximum absolute atomic E-state index is 13.0. The van der Waals surface area contributed by atoms with E-state index in [1.54, 1.807) is 42.5 Å². The van der Waals surface area contributed by atoms with Crippen LogP contribution in [0.15, 0.2) is 64.0 Å². The number of thioether (sulfide) groups is 1. The van der Waals surface area contributed by atoms with Crippen LogP contribution in [0.25, 0.3) is 6.08 Å². The van der Waals surface area contributed by atoms with Gasteiger partial charge in [-0.3, -0.25) is 29.4 Å². The van der Waals surface area contributed by atoms with Crippen molar-refractivity contribution in [2.24, 2.45) is 0 Å². The van der Waals surface area contributed by atoms with Gasteiger partial charge in [0, 0.05) is 22.8 Å². The van der Waals surface area contributed by atoms with E-state index in [4.69, 9.17) is 21.1 Å². The normalized spacial score (nSPS) is 14.0. The number of nitrogens with one attached hydrogen (secondary N) is 1. The van der Waals surface area contributed by atoms with Gasteiger partial charge in [0.1, 0.15) is 13.2 Å². The van der Waals surface area contributed by atoms with Crippen LogP contribution < -0.4 is 14.8 Å². The van der Waals surface area contributed by atoms with Crippen molar-refractivity contribution < 1.29 is 28.8 Å². The molecule has 3 aromatic carbocycles. The van der Waals surface area contributed by atoms with Gasteiger partial charge in [0.15, 0.2) is 11.5 Å². The molecule has 13 heteroatoms. The number of imide groups is 1. The first-order valence-electron chi connectivity index (χ1n) is 12.2. The average Bonchev–Trinajstić information content (AvgIpc) is 3.17. The molecule has 3 aromatic rings. The summed E-state index contributed by atoms with van der Waals surface area (Å²) >= 11 is 10.3. The molecule has 1 aliphatic heterocycles. The Hall–Kier alpha value is -3.87. The molecule has 1 heterocycles. The van der Waals surface area contributed by atoms with Gasteiger partial charge >= 0.3 is 0 Å². The third-order valence-electron chi connectivity index (χ3n) is 5.79. The fraction of sp³-hybridized carbons (Fsp3) is 0.179. The van der Waals surface area contributed by atoms with E-state index in [1.165, 1.54) is 18.2 Å². The van der Waals surface area contributed by atoms with Gasteiger partial charge in [0.25, 0.3) is 16.8 Å². The van der Waals surface area contributed by atoms with E-state index in [0.717, 1.165) is 27.8 Å². The lowest BCUT2D eigenvalue weighted by Gasteiger charge is -2.15. The molecule has 1 saturated heterocycles. The monoisotopic (exact) mass is 659 g/mol. The van der Waals surface area contributed by atoms with E-state index < -0.39 is 28.5 Å². The molecule has 10 nitrogen and oxygen atoms in total. The summed E-state index contributed by atoms with van der Waals surface area (Å²) in [6, 6.07) is 14.4. The molecule has 1 N–H and O–H groups in total. The summed E-state index contributed by atoms with van der Waals surface area (Å²) in [7, 11) is 0. The molecule has 0 aromatic heterocycles. The van der Waals surface area contributed by atoms with Crippen LogP contribution >= 0.6 is 39.3 Å². The van der Waals surface area contributed by atoms with E-state index in [0.29, 0.717) is 38.9 Å². The summed E-state index contributed by atoms with van der Waals surface area (Å²) in [4.78, 5) is 49.5. The second kappa shape index (κ2) is 13.2. The van der Waals surface area contributed by atoms with Gasteiger partial charge < -0.3 is 14.8 Å². The van der Waals surface area contributed by atoms with Crippen molar-refractivity contribution in [2.45, 2.75) is 20.5 Å². The number of anilines is 1. The van der Waals surface area contributed by atoms with Crippen molar-refractivity contribution in [2.75, 3.05) is 18.5 Å². The molecule has 1 aliphatic rings. The van der Waals surface area contributed by atoms with Crippen LogP contribution in [0.5, 0.6) is 11.5 Å². The van der Waals surface area contributed by atoms with Gasteiger partial charge in [-0.05, 0) is 101 Å². The molecule has 1 fully saturated rings. The van der Waals surface area contributed by atoms with Crippen LogP contribution in [0.1, 0.15) is 23.6 Å². The van der Waals surface area contributed by atoms with Gasteiger partial charge in [-0.2, -0.15) is 0 Å². The number of non-ortho nitro benzene ring substituents is 1. The number of nitrogens with zero attached hydrogens (tertiary/aromatic N) is 2. The zero-order valence-corrected chi connectivity index (χ0v) is 25.0. The minimum absolute atomic E-state index is 0.0180. The Morgan fingerprint density at radius 3 is 2.54 bits per heavy atom. The van der Waals surface area contributed by atoms with Gasteiger partial charge in [-0.25, -0.2) is 0 Å². The van der Waals surface area contributed by atoms with Crippen LogP contribution in [0.2, 0.25) is 5.02 Å². The van der Waals surface area contributed by atoms with Crippen molar-refractivity contribution in [3.63, 3.8) is 0 Å². The Morgan fingerprint density at radius 2 is 1.88 bits per heavy atom. The highest BCUT2D eigenvalue weighted by atomic mass is 79.9. The number of benzene rings is 3. The molecule has 0 bridgehead atoms. The number of rotatable bonds is 10. The molecule has 3 amide bonds. The summed E-state index contributed by atoms with van der Waals surface area (Å²) in [5, 5.41) is 13.4. The highest BCUT2D eigenvalue weighted by Crippen LogP contribution is 2.40. The van der Waals surface area contributed by atoms with Crippen LogP contribution in [-0.4, -0.2) is 40.0 Å². The second-order valence-electron chi connectivity index (χ2n) is 8.76. The highest BCUT2D eigenvalue weighted by molar-refractivity contribution is 9.10. The Kier molecular flexibility index (Phi) is 9.69. The van der Waals surface area contributed by atoms with Crippen molar-refractivity contribution in [1.29, 1.82) is 0 Å². The first-order valence-corrected chi connectivity index (χ1v) is 14.2. The van der Waals surface area contributed by atoms with Crippen LogP contribution in [-0.2, 0) is 16.2 Å².